The van der Waals surface area contributed by atoms with Crippen molar-refractivity contribution in [2.75, 3.05) is 27.6 Å². The smallest absolute Gasteiger partial charge is 0.231 e. The Hall–Kier alpha value is -2.40. The van der Waals surface area contributed by atoms with E-state index in [1.54, 1.807) is 14.2 Å². The Morgan fingerprint density at radius 3 is 2.79 bits per heavy atom. The molecule has 2 aromatic rings. The van der Waals surface area contributed by atoms with E-state index in [2.05, 4.69) is 23.5 Å². The summed E-state index contributed by atoms with van der Waals surface area (Å²) in [6, 6.07) is 10.5. The largest absolute Gasteiger partial charge is 0.493 e. The molecular weight excluding hydrogens is 306 g/mol. The lowest BCUT2D eigenvalue weighted by Crippen LogP contribution is -2.31. The maximum Gasteiger partial charge on any atom is 0.231 e. The molecule has 1 atom stereocenters. The average Bonchev–Trinajstić information content (AvgIpc) is 3.10. The zero-order valence-electron chi connectivity index (χ0n) is 13.9. The van der Waals surface area contributed by atoms with E-state index in [1.807, 2.05) is 12.1 Å². The highest BCUT2D eigenvalue weighted by molar-refractivity contribution is 5.52. The summed E-state index contributed by atoms with van der Waals surface area (Å²) in [5.74, 6) is 3.25. The van der Waals surface area contributed by atoms with Crippen LogP contribution in [0.5, 0.6) is 23.0 Å². The lowest BCUT2D eigenvalue weighted by Gasteiger charge is -2.28. The van der Waals surface area contributed by atoms with Gasteiger partial charge in [-0.25, -0.2) is 0 Å². The molecule has 0 saturated carbocycles. The second kappa shape index (κ2) is 6.24. The number of hydrogen-bond acceptors (Lipinski definition) is 5. The van der Waals surface area contributed by atoms with Gasteiger partial charge in [-0.1, -0.05) is 12.1 Å². The molecule has 0 fully saturated rings. The number of ether oxygens (including phenoxy) is 4. The topological polar surface area (TPSA) is 49.0 Å². The van der Waals surface area contributed by atoms with E-state index in [9.17, 15) is 0 Å². The molecule has 0 amide bonds. The zero-order chi connectivity index (χ0) is 16.5. The minimum atomic E-state index is 0.212. The van der Waals surface area contributed by atoms with Crippen LogP contribution in [-0.4, -0.2) is 27.6 Å². The zero-order valence-corrected chi connectivity index (χ0v) is 13.9. The van der Waals surface area contributed by atoms with E-state index in [0.717, 1.165) is 47.9 Å². The number of fused-ring (bicyclic) bond motifs is 2. The Bertz CT molecular complexity index is 759. The second-order valence-electron chi connectivity index (χ2n) is 6.02. The Morgan fingerprint density at radius 1 is 1.12 bits per heavy atom. The van der Waals surface area contributed by atoms with Crippen molar-refractivity contribution < 1.29 is 18.9 Å². The molecule has 0 bridgehead atoms. The highest BCUT2D eigenvalue weighted by atomic mass is 16.7. The number of hydrogen-bond donors (Lipinski definition) is 1. The van der Waals surface area contributed by atoms with Gasteiger partial charge in [0.25, 0.3) is 0 Å². The summed E-state index contributed by atoms with van der Waals surface area (Å²) in [6.45, 7) is 1.24. The van der Waals surface area contributed by atoms with Crippen LogP contribution >= 0.6 is 0 Å². The van der Waals surface area contributed by atoms with Gasteiger partial charge >= 0.3 is 0 Å². The van der Waals surface area contributed by atoms with Gasteiger partial charge in [0.15, 0.2) is 23.0 Å². The summed E-state index contributed by atoms with van der Waals surface area (Å²) in [7, 11) is 3.35. The van der Waals surface area contributed by atoms with Gasteiger partial charge in [-0.05, 0) is 48.7 Å². The van der Waals surface area contributed by atoms with Gasteiger partial charge in [-0.2, -0.15) is 0 Å². The minimum Gasteiger partial charge on any atom is -0.493 e. The van der Waals surface area contributed by atoms with Gasteiger partial charge in [0, 0.05) is 11.6 Å². The molecule has 1 unspecified atom stereocenters. The minimum absolute atomic E-state index is 0.212. The van der Waals surface area contributed by atoms with Gasteiger partial charge in [0.05, 0.1) is 14.2 Å². The normalized spacial score (nSPS) is 18.2. The van der Waals surface area contributed by atoms with E-state index >= 15 is 0 Å². The summed E-state index contributed by atoms with van der Waals surface area (Å²) in [6.07, 6.45) is 1.83. The molecule has 4 rings (SSSR count). The van der Waals surface area contributed by atoms with Crippen LogP contribution in [0.4, 0.5) is 0 Å². The highest BCUT2D eigenvalue weighted by Crippen LogP contribution is 2.40. The summed E-state index contributed by atoms with van der Waals surface area (Å²) < 4.78 is 22.0. The monoisotopic (exact) mass is 327 g/mol. The van der Waals surface area contributed by atoms with Crippen molar-refractivity contribution in [2.24, 2.45) is 0 Å². The van der Waals surface area contributed by atoms with Crippen LogP contribution in [0.25, 0.3) is 0 Å². The highest BCUT2D eigenvalue weighted by Gasteiger charge is 2.25. The quantitative estimate of drug-likeness (QED) is 0.936. The molecule has 0 saturated heterocycles. The van der Waals surface area contributed by atoms with Crippen LogP contribution in [0, 0.1) is 0 Å². The van der Waals surface area contributed by atoms with Gasteiger partial charge < -0.3 is 24.3 Å². The maximum absolute atomic E-state index is 5.65. The molecule has 2 heterocycles. The molecule has 24 heavy (non-hydrogen) atoms. The van der Waals surface area contributed by atoms with Crippen LogP contribution in [0.3, 0.4) is 0 Å². The number of benzene rings is 2. The molecule has 2 aliphatic heterocycles. The van der Waals surface area contributed by atoms with Crippen molar-refractivity contribution >= 4 is 0 Å². The summed E-state index contributed by atoms with van der Waals surface area (Å²) in [4.78, 5) is 0. The predicted molar refractivity (Wildman–Crippen MR) is 90.3 cm³/mol. The third kappa shape index (κ3) is 2.55. The van der Waals surface area contributed by atoms with Crippen LogP contribution in [-0.2, 0) is 12.8 Å². The molecule has 2 aromatic carbocycles. The molecule has 0 spiro atoms. The lowest BCUT2D eigenvalue weighted by molar-refractivity contribution is 0.173. The van der Waals surface area contributed by atoms with Gasteiger partial charge in [0.1, 0.15) is 0 Å². The van der Waals surface area contributed by atoms with Crippen molar-refractivity contribution in [1.29, 1.82) is 0 Å². The van der Waals surface area contributed by atoms with Crippen molar-refractivity contribution in [2.45, 2.75) is 18.9 Å². The van der Waals surface area contributed by atoms with Crippen LogP contribution in [0.15, 0.2) is 30.3 Å². The van der Waals surface area contributed by atoms with Gasteiger partial charge in [-0.3, -0.25) is 0 Å². The number of methoxy groups -OCH3 is 2. The SMILES string of the molecule is COc1cc2c(cc1OC)C(Cc1cccc3c1OCO3)NCC2. The lowest BCUT2D eigenvalue weighted by atomic mass is 9.89. The standard InChI is InChI=1S/C19H21NO4/c1-21-17-9-12-6-7-20-15(14(12)10-18(17)22-2)8-13-4-3-5-16-19(13)24-11-23-16/h3-5,9-10,15,20H,6-8,11H2,1-2H3. The summed E-state index contributed by atoms with van der Waals surface area (Å²) in [5, 5.41) is 3.61. The maximum atomic E-state index is 5.65. The second-order valence-corrected chi connectivity index (χ2v) is 6.02. The Labute approximate surface area is 141 Å². The number of rotatable bonds is 4. The van der Waals surface area contributed by atoms with E-state index in [-0.39, 0.29) is 6.04 Å². The first kappa shape index (κ1) is 15.1. The van der Waals surface area contributed by atoms with E-state index in [1.165, 1.54) is 11.1 Å². The van der Waals surface area contributed by atoms with Crippen molar-refractivity contribution in [3.63, 3.8) is 0 Å². The van der Waals surface area contributed by atoms with E-state index in [4.69, 9.17) is 18.9 Å². The fraction of sp³-hybridized carbons (Fsp3) is 0.368. The first-order valence-corrected chi connectivity index (χ1v) is 8.16. The summed E-state index contributed by atoms with van der Waals surface area (Å²) in [5.41, 5.74) is 3.72. The molecule has 2 aliphatic rings. The van der Waals surface area contributed by atoms with Crippen LogP contribution in [0.2, 0.25) is 0 Å². The molecule has 0 aliphatic carbocycles. The third-order valence-corrected chi connectivity index (χ3v) is 4.71. The van der Waals surface area contributed by atoms with E-state index < -0.39 is 0 Å². The Kier molecular flexibility index (Phi) is 3.94. The van der Waals surface area contributed by atoms with Gasteiger partial charge in [0.2, 0.25) is 6.79 Å². The average molecular weight is 327 g/mol. The Morgan fingerprint density at radius 2 is 1.96 bits per heavy atom. The third-order valence-electron chi connectivity index (χ3n) is 4.71. The van der Waals surface area contributed by atoms with Crippen molar-refractivity contribution in [3.05, 3.63) is 47.0 Å². The Balaban J connectivity index is 1.68. The van der Waals surface area contributed by atoms with Crippen molar-refractivity contribution in [3.8, 4) is 23.0 Å². The fourth-order valence-electron chi connectivity index (χ4n) is 3.52. The molecule has 0 radical (unpaired) electrons. The molecule has 5 heteroatoms. The van der Waals surface area contributed by atoms with Crippen LogP contribution < -0.4 is 24.3 Å². The molecule has 126 valence electrons. The van der Waals surface area contributed by atoms with E-state index in [0.29, 0.717) is 6.79 Å². The predicted octanol–water partition coefficient (Wildman–Crippen LogP) is 2.86. The van der Waals surface area contributed by atoms with Crippen molar-refractivity contribution in [1.82, 2.24) is 5.32 Å². The molecular formula is C19H21NO4. The fourth-order valence-corrected chi connectivity index (χ4v) is 3.52. The number of nitrogens with one attached hydrogen (secondary N) is 1. The molecule has 0 aromatic heterocycles. The number of para-hydroxylation sites is 1. The first-order valence-electron chi connectivity index (χ1n) is 8.16. The first-order chi connectivity index (χ1) is 11.8. The summed E-state index contributed by atoms with van der Waals surface area (Å²) >= 11 is 0. The molecule has 5 nitrogen and oxygen atoms in total. The van der Waals surface area contributed by atoms with Gasteiger partial charge in [-0.15, -0.1) is 0 Å². The molecule has 1 N–H and O–H groups in total. The van der Waals surface area contributed by atoms with Crippen LogP contribution in [0.1, 0.15) is 22.7 Å².